The number of nitrogens with one attached hydrogen (secondary N) is 2. The Morgan fingerprint density at radius 2 is 1.76 bits per heavy atom. The van der Waals surface area contributed by atoms with Crippen LogP contribution in [0.25, 0.3) is 11.3 Å². The Morgan fingerprint density at radius 3 is 2.41 bits per heavy atom. The number of benzene rings is 2. The van der Waals surface area contributed by atoms with Gasteiger partial charge in [0.05, 0.1) is 22.0 Å². The van der Waals surface area contributed by atoms with Gasteiger partial charge >= 0.3 is 6.18 Å². The summed E-state index contributed by atoms with van der Waals surface area (Å²) in [6.07, 6.45) is -3.72. The van der Waals surface area contributed by atoms with Gasteiger partial charge in [-0.1, -0.05) is 54.9 Å². The second-order valence-corrected chi connectivity index (χ2v) is 6.97. The molecule has 0 fully saturated rings. The molecule has 2 aromatic carbocycles. The number of para-hydroxylation sites is 1. The van der Waals surface area contributed by atoms with Crippen LogP contribution in [0.5, 0.6) is 0 Å². The Kier molecular flexibility index (Phi) is 6.27. The second-order valence-electron chi connectivity index (χ2n) is 6.57. The fourth-order valence-electron chi connectivity index (χ4n) is 2.67. The first kappa shape index (κ1) is 20.9. The highest BCUT2D eigenvalue weighted by Gasteiger charge is 2.34. The Balaban J connectivity index is 2.07. The van der Waals surface area contributed by atoms with Crippen molar-refractivity contribution in [3.63, 3.8) is 0 Å². The zero-order valence-corrected chi connectivity index (χ0v) is 16.6. The first-order valence-corrected chi connectivity index (χ1v) is 9.49. The molecule has 0 aliphatic heterocycles. The Bertz CT molecular complexity index is 977. The van der Waals surface area contributed by atoms with Crippen molar-refractivity contribution in [3.8, 4) is 11.3 Å². The summed E-state index contributed by atoms with van der Waals surface area (Å²) in [5, 5.41) is 5.87. The van der Waals surface area contributed by atoms with E-state index in [1.807, 2.05) is 44.2 Å². The predicted octanol–water partition coefficient (Wildman–Crippen LogP) is 6.77. The van der Waals surface area contributed by atoms with Crippen LogP contribution in [0.4, 0.5) is 30.6 Å². The largest absolute Gasteiger partial charge is 0.418 e. The molecular weight excluding hydrogens is 401 g/mol. The van der Waals surface area contributed by atoms with E-state index in [9.17, 15) is 13.2 Å². The molecular formula is C21H20ClF3N4. The quantitative estimate of drug-likeness (QED) is 0.462. The van der Waals surface area contributed by atoms with Crippen molar-refractivity contribution in [3.05, 3.63) is 65.2 Å². The summed E-state index contributed by atoms with van der Waals surface area (Å²) in [4.78, 5) is 8.86. The lowest BCUT2D eigenvalue weighted by atomic mass is 10.1. The minimum Gasteiger partial charge on any atom is -0.352 e. The monoisotopic (exact) mass is 420 g/mol. The lowest BCUT2D eigenvalue weighted by Gasteiger charge is -2.17. The Labute approximate surface area is 172 Å². The van der Waals surface area contributed by atoms with E-state index in [-0.39, 0.29) is 22.6 Å². The van der Waals surface area contributed by atoms with E-state index in [2.05, 4.69) is 20.6 Å². The summed E-state index contributed by atoms with van der Waals surface area (Å²) in [6, 6.07) is 14.7. The Morgan fingerprint density at radius 1 is 1.03 bits per heavy atom. The fourth-order valence-corrected chi connectivity index (χ4v) is 2.89. The van der Waals surface area contributed by atoms with Gasteiger partial charge in [0.1, 0.15) is 5.82 Å². The summed E-state index contributed by atoms with van der Waals surface area (Å²) >= 11 is 6.07. The van der Waals surface area contributed by atoms with Gasteiger partial charge in [0.25, 0.3) is 0 Å². The second kappa shape index (κ2) is 8.69. The molecule has 1 aromatic heterocycles. The fraction of sp³-hybridized carbons (Fsp3) is 0.238. The molecule has 2 N–H and O–H groups in total. The van der Waals surface area contributed by atoms with E-state index in [0.29, 0.717) is 11.6 Å². The summed E-state index contributed by atoms with van der Waals surface area (Å²) < 4.78 is 40.3. The van der Waals surface area contributed by atoms with Crippen LogP contribution in [-0.4, -0.2) is 16.0 Å². The van der Waals surface area contributed by atoms with Crippen LogP contribution in [0.15, 0.2) is 54.6 Å². The van der Waals surface area contributed by atoms with Crippen LogP contribution < -0.4 is 10.6 Å². The van der Waals surface area contributed by atoms with Crippen LogP contribution in [0.3, 0.4) is 0 Å². The molecule has 0 radical (unpaired) electrons. The average molecular weight is 421 g/mol. The molecule has 0 saturated heterocycles. The number of rotatable bonds is 6. The molecule has 1 heterocycles. The molecule has 29 heavy (non-hydrogen) atoms. The van der Waals surface area contributed by atoms with Crippen LogP contribution in [0.2, 0.25) is 5.02 Å². The molecule has 3 rings (SSSR count). The lowest BCUT2D eigenvalue weighted by Crippen LogP contribution is -2.16. The maximum absolute atomic E-state index is 13.4. The van der Waals surface area contributed by atoms with Gasteiger partial charge in [-0.2, -0.15) is 18.2 Å². The molecule has 0 aliphatic carbocycles. The van der Waals surface area contributed by atoms with Crippen molar-refractivity contribution in [2.45, 2.75) is 32.5 Å². The number of anilines is 3. The third-order valence-corrected chi connectivity index (χ3v) is 4.67. The van der Waals surface area contributed by atoms with Crippen molar-refractivity contribution in [1.82, 2.24) is 9.97 Å². The highest BCUT2D eigenvalue weighted by molar-refractivity contribution is 6.33. The summed E-state index contributed by atoms with van der Waals surface area (Å²) in [5.74, 6) is 0.534. The molecule has 152 valence electrons. The van der Waals surface area contributed by atoms with Crippen molar-refractivity contribution >= 4 is 29.1 Å². The lowest BCUT2D eigenvalue weighted by molar-refractivity contribution is -0.136. The number of aromatic nitrogens is 2. The summed E-state index contributed by atoms with van der Waals surface area (Å²) in [5.41, 5.74) is 0.296. The van der Waals surface area contributed by atoms with Gasteiger partial charge in [0.15, 0.2) is 0 Å². The minimum absolute atomic E-state index is 0.0452. The van der Waals surface area contributed by atoms with Crippen LogP contribution in [0.1, 0.15) is 25.8 Å². The smallest absolute Gasteiger partial charge is 0.352 e. The van der Waals surface area contributed by atoms with Gasteiger partial charge in [-0.3, -0.25) is 0 Å². The molecule has 0 spiro atoms. The Hall–Kier alpha value is -2.80. The third kappa shape index (κ3) is 5.17. The summed E-state index contributed by atoms with van der Waals surface area (Å²) in [7, 11) is 0. The van der Waals surface area contributed by atoms with E-state index in [0.717, 1.165) is 18.1 Å². The predicted molar refractivity (Wildman–Crippen MR) is 111 cm³/mol. The van der Waals surface area contributed by atoms with Crippen LogP contribution >= 0.6 is 11.6 Å². The molecule has 3 aromatic rings. The van der Waals surface area contributed by atoms with E-state index >= 15 is 0 Å². The molecule has 1 atom stereocenters. The zero-order chi connectivity index (χ0) is 21.0. The van der Waals surface area contributed by atoms with E-state index in [1.54, 1.807) is 6.07 Å². The van der Waals surface area contributed by atoms with Crippen molar-refractivity contribution in [2.24, 2.45) is 0 Å². The normalized spacial score (nSPS) is 12.5. The van der Waals surface area contributed by atoms with E-state index in [1.165, 1.54) is 12.1 Å². The molecule has 0 saturated carbocycles. The maximum atomic E-state index is 13.4. The van der Waals surface area contributed by atoms with Crippen LogP contribution in [0, 0.1) is 0 Å². The van der Waals surface area contributed by atoms with E-state index in [4.69, 9.17) is 11.6 Å². The standard InChI is InChI=1S/C21H20ClF3N4/c1-3-13(2)26-20-27-17(14-8-5-4-6-9-14)12-18(29-20)28-19-15(21(23,24)25)10-7-11-16(19)22/h4-13H,3H2,1-2H3,(H2,26,27,28,29)/t13-/m0/s1. The number of hydrogen-bond donors (Lipinski definition) is 2. The van der Waals surface area contributed by atoms with Gasteiger partial charge in [-0.05, 0) is 25.5 Å². The number of hydrogen-bond acceptors (Lipinski definition) is 4. The molecule has 0 aliphatic rings. The highest BCUT2D eigenvalue weighted by atomic mass is 35.5. The van der Waals surface area contributed by atoms with Gasteiger partial charge in [0.2, 0.25) is 5.95 Å². The number of nitrogens with zero attached hydrogens (tertiary/aromatic N) is 2. The van der Waals surface area contributed by atoms with Crippen molar-refractivity contribution in [2.75, 3.05) is 10.6 Å². The SMILES string of the molecule is CC[C@H](C)Nc1nc(Nc2c(Cl)cccc2C(F)(F)F)cc(-c2ccccc2)n1. The van der Waals surface area contributed by atoms with E-state index < -0.39 is 11.7 Å². The van der Waals surface area contributed by atoms with Gasteiger partial charge in [0, 0.05) is 17.7 Å². The average Bonchev–Trinajstić information content (AvgIpc) is 2.69. The highest BCUT2D eigenvalue weighted by Crippen LogP contribution is 2.40. The third-order valence-electron chi connectivity index (χ3n) is 4.36. The first-order valence-electron chi connectivity index (χ1n) is 9.11. The number of halogens is 4. The van der Waals surface area contributed by atoms with Crippen molar-refractivity contribution < 1.29 is 13.2 Å². The topological polar surface area (TPSA) is 49.8 Å². The molecule has 0 bridgehead atoms. The first-order chi connectivity index (χ1) is 13.8. The summed E-state index contributed by atoms with van der Waals surface area (Å²) in [6.45, 7) is 3.98. The molecule has 8 heteroatoms. The van der Waals surface area contributed by atoms with Gasteiger partial charge in [-0.15, -0.1) is 0 Å². The maximum Gasteiger partial charge on any atom is 0.418 e. The van der Waals surface area contributed by atoms with Crippen LogP contribution in [-0.2, 0) is 6.18 Å². The number of alkyl halides is 3. The molecule has 0 unspecified atom stereocenters. The van der Waals surface area contributed by atoms with Crippen molar-refractivity contribution in [1.29, 1.82) is 0 Å². The van der Waals surface area contributed by atoms with Gasteiger partial charge < -0.3 is 10.6 Å². The minimum atomic E-state index is -4.56. The molecule has 0 amide bonds. The zero-order valence-electron chi connectivity index (χ0n) is 15.9. The molecule has 4 nitrogen and oxygen atoms in total. The van der Waals surface area contributed by atoms with Gasteiger partial charge in [-0.25, -0.2) is 4.98 Å².